The number of anilines is 1. The Bertz CT molecular complexity index is 760. The van der Waals surface area contributed by atoms with E-state index in [0.29, 0.717) is 0 Å². The predicted octanol–water partition coefficient (Wildman–Crippen LogP) is 5.73. The van der Waals surface area contributed by atoms with Gasteiger partial charge in [0, 0.05) is 16.7 Å². The Labute approximate surface area is 133 Å². The Kier molecular flexibility index (Phi) is 4.37. The normalized spacial score (nSPS) is 11.1. The van der Waals surface area contributed by atoms with Crippen LogP contribution in [0, 0.1) is 0 Å². The third kappa shape index (κ3) is 3.73. The monoisotopic (exact) mass is 337 g/mol. The van der Waals surface area contributed by atoms with Gasteiger partial charge in [-0.05, 0) is 46.7 Å². The largest absolute Gasteiger partial charge is 0.382 e. The molecule has 3 aromatic carbocycles. The van der Waals surface area contributed by atoms with Crippen molar-refractivity contribution in [1.82, 2.24) is 0 Å². The van der Waals surface area contributed by atoms with Crippen LogP contribution in [0.2, 0.25) is 0 Å². The second-order valence-electron chi connectivity index (χ2n) is 4.90. The van der Waals surface area contributed by atoms with E-state index in [1.54, 1.807) is 0 Å². The Morgan fingerprint density at radius 1 is 0.857 bits per heavy atom. The molecule has 0 bridgehead atoms. The molecule has 0 heterocycles. The van der Waals surface area contributed by atoms with Crippen molar-refractivity contribution in [2.45, 2.75) is 0 Å². The molecule has 3 rings (SSSR count). The minimum absolute atomic E-state index is 0.814. The lowest BCUT2D eigenvalue weighted by molar-refractivity contribution is 1.34. The third-order valence-corrected chi connectivity index (χ3v) is 3.88. The van der Waals surface area contributed by atoms with Crippen LogP contribution in [0.4, 0.5) is 5.69 Å². The maximum Gasteiger partial charge on any atom is 0.0343 e. The smallest absolute Gasteiger partial charge is 0.0343 e. The summed E-state index contributed by atoms with van der Waals surface area (Å²) >= 11 is 3.44. The minimum Gasteiger partial charge on any atom is -0.382 e. The fourth-order valence-corrected chi connectivity index (χ4v) is 2.52. The molecule has 0 aromatic heterocycles. The summed E-state index contributed by atoms with van der Waals surface area (Å²) in [4.78, 5) is 0. The molecule has 0 fully saturated rings. The van der Waals surface area contributed by atoms with E-state index in [1.807, 2.05) is 12.1 Å². The first-order valence-electron chi connectivity index (χ1n) is 6.96. The standard InChI is InChI=1S/C19H16BrN/c20-18-9-11-19(12-10-18)21-13-3-4-15-7-8-16-5-1-2-6-17(16)14-15/h1-12,14,21H,13H2/b4-3+. The maximum atomic E-state index is 3.44. The van der Waals surface area contributed by atoms with E-state index in [9.17, 15) is 0 Å². The number of nitrogens with one attached hydrogen (secondary N) is 1. The molecule has 0 atom stereocenters. The summed E-state index contributed by atoms with van der Waals surface area (Å²) in [6, 6.07) is 23.2. The molecule has 104 valence electrons. The van der Waals surface area contributed by atoms with Crippen LogP contribution in [0.1, 0.15) is 5.56 Å². The number of hydrogen-bond donors (Lipinski definition) is 1. The maximum absolute atomic E-state index is 3.44. The summed E-state index contributed by atoms with van der Waals surface area (Å²) < 4.78 is 1.10. The van der Waals surface area contributed by atoms with E-state index in [1.165, 1.54) is 16.3 Å². The van der Waals surface area contributed by atoms with Gasteiger partial charge in [-0.1, -0.05) is 64.5 Å². The molecule has 0 saturated carbocycles. The summed E-state index contributed by atoms with van der Waals surface area (Å²) in [7, 11) is 0. The third-order valence-electron chi connectivity index (χ3n) is 3.35. The molecular weight excluding hydrogens is 322 g/mol. The van der Waals surface area contributed by atoms with Crippen LogP contribution in [0.3, 0.4) is 0 Å². The van der Waals surface area contributed by atoms with Gasteiger partial charge in [-0.2, -0.15) is 0 Å². The van der Waals surface area contributed by atoms with Crippen LogP contribution in [0.5, 0.6) is 0 Å². The quantitative estimate of drug-likeness (QED) is 0.641. The predicted molar refractivity (Wildman–Crippen MR) is 95.6 cm³/mol. The van der Waals surface area contributed by atoms with Crippen molar-refractivity contribution in [2.24, 2.45) is 0 Å². The van der Waals surface area contributed by atoms with Gasteiger partial charge in [-0.25, -0.2) is 0 Å². The number of fused-ring (bicyclic) bond motifs is 1. The highest BCUT2D eigenvalue weighted by atomic mass is 79.9. The van der Waals surface area contributed by atoms with Crippen LogP contribution < -0.4 is 5.32 Å². The highest BCUT2D eigenvalue weighted by molar-refractivity contribution is 9.10. The van der Waals surface area contributed by atoms with Gasteiger partial charge in [0.05, 0.1) is 0 Å². The molecule has 0 saturated heterocycles. The summed E-state index contributed by atoms with van der Waals surface area (Å²) in [5.41, 5.74) is 2.35. The molecule has 0 aliphatic rings. The van der Waals surface area contributed by atoms with Crippen LogP contribution in [-0.2, 0) is 0 Å². The SMILES string of the molecule is Brc1ccc(NC/C=C/c2ccc3ccccc3c2)cc1. The zero-order valence-corrected chi connectivity index (χ0v) is 13.2. The van der Waals surface area contributed by atoms with Crippen LogP contribution >= 0.6 is 15.9 Å². The van der Waals surface area contributed by atoms with Gasteiger partial charge in [0.2, 0.25) is 0 Å². The lowest BCUT2D eigenvalue weighted by Crippen LogP contribution is -1.97. The zero-order chi connectivity index (χ0) is 14.5. The van der Waals surface area contributed by atoms with Crippen molar-refractivity contribution in [1.29, 1.82) is 0 Å². The first-order valence-corrected chi connectivity index (χ1v) is 7.75. The minimum atomic E-state index is 0.814. The van der Waals surface area contributed by atoms with Crippen molar-refractivity contribution in [3.8, 4) is 0 Å². The fraction of sp³-hybridized carbons (Fsp3) is 0.0526. The Morgan fingerprint density at radius 3 is 2.43 bits per heavy atom. The molecule has 2 heteroatoms. The summed E-state index contributed by atoms with van der Waals surface area (Å²) in [5, 5.41) is 5.93. The molecule has 0 aliphatic heterocycles. The average molecular weight is 338 g/mol. The molecule has 3 aromatic rings. The van der Waals surface area contributed by atoms with Crippen molar-refractivity contribution < 1.29 is 0 Å². The number of benzene rings is 3. The summed E-state index contributed by atoms with van der Waals surface area (Å²) in [6.45, 7) is 0.814. The first kappa shape index (κ1) is 13.9. The van der Waals surface area contributed by atoms with Crippen molar-refractivity contribution in [3.63, 3.8) is 0 Å². The molecule has 0 radical (unpaired) electrons. The van der Waals surface area contributed by atoms with Crippen LogP contribution in [0.25, 0.3) is 16.8 Å². The van der Waals surface area contributed by atoms with E-state index < -0.39 is 0 Å². The Hall–Kier alpha value is -2.06. The number of halogens is 1. The van der Waals surface area contributed by atoms with E-state index in [2.05, 4.69) is 88.0 Å². The van der Waals surface area contributed by atoms with Crippen molar-refractivity contribution in [2.75, 3.05) is 11.9 Å². The topological polar surface area (TPSA) is 12.0 Å². The zero-order valence-electron chi connectivity index (χ0n) is 11.6. The molecule has 1 nitrogen and oxygen atoms in total. The fourth-order valence-electron chi connectivity index (χ4n) is 2.25. The summed E-state index contributed by atoms with van der Waals surface area (Å²) in [6.07, 6.45) is 4.30. The van der Waals surface area contributed by atoms with E-state index in [0.717, 1.165) is 16.7 Å². The molecule has 0 spiro atoms. The molecule has 0 unspecified atom stereocenters. The van der Waals surface area contributed by atoms with Gasteiger partial charge < -0.3 is 5.32 Å². The Morgan fingerprint density at radius 2 is 1.62 bits per heavy atom. The lowest BCUT2D eigenvalue weighted by atomic mass is 10.1. The van der Waals surface area contributed by atoms with Gasteiger partial charge in [-0.15, -0.1) is 0 Å². The highest BCUT2D eigenvalue weighted by Crippen LogP contribution is 2.17. The van der Waals surface area contributed by atoms with Gasteiger partial charge in [-0.3, -0.25) is 0 Å². The van der Waals surface area contributed by atoms with E-state index >= 15 is 0 Å². The van der Waals surface area contributed by atoms with Gasteiger partial charge in [0.15, 0.2) is 0 Å². The number of rotatable bonds is 4. The van der Waals surface area contributed by atoms with Gasteiger partial charge >= 0.3 is 0 Å². The van der Waals surface area contributed by atoms with Crippen molar-refractivity contribution in [3.05, 3.63) is 82.8 Å². The van der Waals surface area contributed by atoms with Gasteiger partial charge in [0.25, 0.3) is 0 Å². The first-order chi connectivity index (χ1) is 10.3. The van der Waals surface area contributed by atoms with E-state index in [-0.39, 0.29) is 0 Å². The molecule has 21 heavy (non-hydrogen) atoms. The van der Waals surface area contributed by atoms with Crippen LogP contribution in [0.15, 0.2) is 77.3 Å². The molecule has 0 amide bonds. The second kappa shape index (κ2) is 6.59. The van der Waals surface area contributed by atoms with Gasteiger partial charge in [0.1, 0.15) is 0 Å². The van der Waals surface area contributed by atoms with E-state index in [4.69, 9.17) is 0 Å². The molecule has 1 N–H and O–H groups in total. The highest BCUT2D eigenvalue weighted by Gasteiger charge is 1.93. The Balaban J connectivity index is 1.63. The number of hydrogen-bond acceptors (Lipinski definition) is 1. The van der Waals surface area contributed by atoms with Crippen molar-refractivity contribution >= 4 is 38.5 Å². The molecular formula is C19H16BrN. The average Bonchev–Trinajstić information content (AvgIpc) is 2.53. The second-order valence-corrected chi connectivity index (χ2v) is 5.81. The summed E-state index contributed by atoms with van der Waals surface area (Å²) in [5.74, 6) is 0. The lowest BCUT2D eigenvalue weighted by Gasteiger charge is -2.03. The van der Waals surface area contributed by atoms with Crippen LogP contribution in [-0.4, -0.2) is 6.54 Å². The molecule has 0 aliphatic carbocycles.